The van der Waals surface area contributed by atoms with E-state index in [1.54, 1.807) is 0 Å². The second-order valence-corrected chi connectivity index (χ2v) is 7.55. The third kappa shape index (κ3) is 2.57. The summed E-state index contributed by atoms with van der Waals surface area (Å²) in [5, 5.41) is 19.3. The molecule has 4 aromatic carbocycles. The second kappa shape index (κ2) is 7.00. The van der Waals surface area contributed by atoms with Crippen LogP contribution in [-0.4, -0.2) is 10.2 Å². The molecule has 0 radical (unpaired) electrons. The minimum Gasteiger partial charge on any atom is -0.392 e. The summed E-state index contributed by atoms with van der Waals surface area (Å²) in [4.78, 5) is 0. The molecule has 1 aliphatic carbocycles. The van der Waals surface area contributed by atoms with Gasteiger partial charge in [-0.2, -0.15) is 0 Å². The zero-order valence-electron chi connectivity index (χ0n) is 16.0. The lowest BCUT2D eigenvalue weighted by Gasteiger charge is -2.34. The van der Waals surface area contributed by atoms with Crippen LogP contribution >= 0.6 is 0 Å². The molecule has 0 atom stereocenters. The van der Waals surface area contributed by atoms with Crippen LogP contribution in [0.15, 0.2) is 97.1 Å². The number of fused-ring (bicyclic) bond motifs is 3. The Hall–Kier alpha value is -3.20. The molecule has 4 aromatic rings. The summed E-state index contributed by atoms with van der Waals surface area (Å²) in [6, 6.07) is 33.6. The summed E-state index contributed by atoms with van der Waals surface area (Å²) in [6.07, 6.45) is 0. The van der Waals surface area contributed by atoms with Gasteiger partial charge in [-0.1, -0.05) is 97.1 Å². The molecule has 2 nitrogen and oxygen atoms in total. The molecule has 0 heterocycles. The molecular weight excluding hydrogens is 356 g/mol. The Labute approximate surface area is 170 Å². The van der Waals surface area contributed by atoms with Crippen LogP contribution < -0.4 is 0 Å². The average Bonchev–Trinajstić information content (AvgIpc) is 3.11. The second-order valence-electron chi connectivity index (χ2n) is 7.55. The molecule has 2 heteroatoms. The Morgan fingerprint density at radius 1 is 0.517 bits per heavy atom. The van der Waals surface area contributed by atoms with E-state index in [1.165, 1.54) is 22.3 Å². The fraction of sp³-hybridized carbons (Fsp3) is 0.111. The van der Waals surface area contributed by atoms with Crippen LogP contribution in [0.5, 0.6) is 0 Å². The highest BCUT2D eigenvalue weighted by atomic mass is 16.3. The summed E-state index contributed by atoms with van der Waals surface area (Å²) < 4.78 is 0. The lowest BCUT2D eigenvalue weighted by atomic mass is 9.67. The first-order valence-corrected chi connectivity index (χ1v) is 9.89. The van der Waals surface area contributed by atoms with Crippen molar-refractivity contribution >= 4 is 0 Å². The number of hydrogen-bond donors (Lipinski definition) is 2. The van der Waals surface area contributed by atoms with Gasteiger partial charge in [0.05, 0.1) is 18.6 Å². The van der Waals surface area contributed by atoms with Crippen molar-refractivity contribution in [3.05, 3.63) is 130 Å². The molecule has 5 rings (SSSR count). The van der Waals surface area contributed by atoms with E-state index in [9.17, 15) is 10.2 Å². The molecule has 0 aromatic heterocycles. The van der Waals surface area contributed by atoms with Crippen LogP contribution in [0, 0.1) is 0 Å². The van der Waals surface area contributed by atoms with Crippen molar-refractivity contribution in [1.29, 1.82) is 0 Å². The number of aliphatic hydroxyl groups excluding tert-OH is 2. The predicted molar refractivity (Wildman–Crippen MR) is 116 cm³/mol. The molecule has 0 spiro atoms. The molecule has 0 saturated carbocycles. The molecule has 0 bridgehead atoms. The minimum atomic E-state index is -0.466. The maximum absolute atomic E-state index is 9.79. The lowest BCUT2D eigenvalue weighted by Crippen LogP contribution is -2.28. The van der Waals surface area contributed by atoms with Crippen molar-refractivity contribution in [2.24, 2.45) is 0 Å². The topological polar surface area (TPSA) is 40.5 Å². The molecule has 0 amide bonds. The minimum absolute atomic E-state index is 0.0106. The maximum atomic E-state index is 9.79. The highest BCUT2D eigenvalue weighted by molar-refractivity contribution is 5.86. The van der Waals surface area contributed by atoms with Gasteiger partial charge in [-0.25, -0.2) is 0 Å². The first-order valence-electron chi connectivity index (χ1n) is 9.89. The molecule has 0 unspecified atom stereocenters. The van der Waals surface area contributed by atoms with Crippen molar-refractivity contribution in [3.63, 3.8) is 0 Å². The molecule has 29 heavy (non-hydrogen) atoms. The third-order valence-electron chi connectivity index (χ3n) is 6.06. The molecule has 2 N–H and O–H groups in total. The van der Waals surface area contributed by atoms with E-state index in [0.29, 0.717) is 0 Å². The number of benzene rings is 4. The molecule has 142 valence electrons. The summed E-state index contributed by atoms with van der Waals surface area (Å²) in [5.41, 5.74) is 8.59. The van der Waals surface area contributed by atoms with E-state index in [2.05, 4.69) is 72.8 Å². The quantitative estimate of drug-likeness (QED) is 0.460. The van der Waals surface area contributed by atoms with Crippen LogP contribution in [0.3, 0.4) is 0 Å². The van der Waals surface area contributed by atoms with Crippen LogP contribution in [0.4, 0.5) is 0 Å². The zero-order chi connectivity index (χ0) is 19.8. The highest BCUT2D eigenvalue weighted by Gasteiger charge is 2.45. The molecule has 1 aliphatic rings. The van der Waals surface area contributed by atoms with Gasteiger partial charge in [0.15, 0.2) is 0 Å². The first kappa shape index (κ1) is 17.9. The molecular formula is C27H22O2. The van der Waals surface area contributed by atoms with Crippen molar-refractivity contribution < 1.29 is 10.2 Å². The standard InChI is InChI=1S/C27H22O2/c28-17-19-12-14-21(15-13-19)27(22-7-5-6-20(16-22)18-29)25-10-3-1-8-23(25)24-9-2-4-11-26(24)27/h1-16,28-29H,17-18H2. The normalized spacial score (nSPS) is 13.7. The summed E-state index contributed by atoms with van der Waals surface area (Å²) in [5.74, 6) is 0. The van der Waals surface area contributed by atoms with Gasteiger partial charge in [0, 0.05) is 0 Å². The molecule has 0 fully saturated rings. The van der Waals surface area contributed by atoms with Crippen molar-refractivity contribution in [3.8, 4) is 11.1 Å². The summed E-state index contributed by atoms with van der Waals surface area (Å²) in [7, 11) is 0. The number of rotatable bonds is 4. The monoisotopic (exact) mass is 378 g/mol. The van der Waals surface area contributed by atoms with E-state index < -0.39 is 5.41 Å². The van der Waals surface area contributed by atoms with Crippen LogP contribution in [-0.2, 0) is 18.6 Å². The van der Waals surface area contributed by atoms with E-state index in [1.807, 2.05) is 24.3 Å². The Morgan fingerprint density at radius 3 is 1.69 bits per heavy atom. The van der Waals surface area contributed by atoms with Gasteiger partial charge in [0.25, 0.3) is 0 Å². The Morgan fingerprint density at radius 2 is 1.10 bits per heavy atom. The van der Waals surface area contributed by atoms with Gasteiger partial charge in [-0.15, -0.1) is 0 Å². The van der Waals surface area contributed by atoms with Crippen molar-refractivity contribution in [2.75, 3.05) is 0 Å². The van der Waals surface area contributed by atoms with Gasteiger partial charge in [-0.3, -0.25) is 0 Å². The fourth-order valence-corrected chi connectivity index (χ4v) is 4.79. The first-order chi connectivity index (χ1) is 14.3. The highest BCUT2D eigenvalue weighted by Crippen LogP contribution is 2.55. The number of hydrogen-bond acceptors (Lipinski definition) is 2. The average molecular weight is 378 g/mol. The summed E-state index contributed by atoms with van der Waals surface area (Å²) in [6.45, 7) is 0.0388. The van der Waals surface area contributed by atoms with Crippen molar-refractivity contribution in [1.82, 2.24) is 0 Å². The van der Waals surface area contributed by atoms with E-state index >= 15 is 0 Å². The zero-order valence-corrected chi connectivity index (χ0v) is 16.0. The SMILES string of the molecule is OCc1ccc(C2(c3cccc(CO)c3)c3ccccc3-c3ccccc32)cc1. The largest absolute Gasteiger partial charge is 0.392 e. The van der Waals surface area contributed by atoms with Gasteiger partial charge < -0.3 is 10.2 Å². The van der Waals surface area contributed by atoms with E-state index in [-0.39, 0.29) is 13.2 Å². The van der Waals surface area contributed by atoms with Crippen LogP contribution in [0.25, 0.3) is 11.1 Å². The summed E-state index contributed by atoms with van der Waals surface area (Å²) >= 11 is 0. The van der Waals surface area contributed by atoms with Crippen LogP contribution in [0.2, 0.25) is 0 Å². The van der Waals surface area contributed by atoms with Crippen molar-refractivity contribution in [2.45, 2.75) is 18.6 Å². The maximum Gasteiger partial charge on any atom is 0.0713 e. The Balaban J connectivity index is 1.91. The Bertz CT molecular complexity index is 1130. The van der Waals surface area contributed by atoms with Gasteiger partial charge in [-0.05, 0) is 44.5 Å². The van der Waals surface area contributed by atoms with Gasteiger partial charge in [0.2, 0.25) is 0 Å². The number of aliphatic hydroxyl groups is 2. The van der Waals surface area contributed by atoms with Crippen LogP contribution in [0.1, 0.15) is 33.4 Å². The van der Waals surface area contributed by atoms with E-state index in [4.69, 9.17) is 0 Å². The van der Waals surface area contributed by atoms with Gasteiger partial charge in [0.1, 0.15) is 0 Å². The smallest absolute Gasteiger partial charge is 0.0713 e. The lowest BCUT2D eigenvalue weighted by molar-refractivity contribution is 0.281. The molecule has 0 saturated heterocycles. The van der Waals surface area contributed by atoms with E-state index in [0.717, 1.165) is 22.3 Å². The third-order valence-corrected chi connectivity index (χ3v) is 6.06. The fourth-order valence-electron chi connectivity index (χ4n) is 4.79. The Kier molecular flexibility index (Phi) is 4.31. The molecule has 0 aliphatic heterocycles. The predicted octanol–water partition coefficient (Wildman–Crippen LogP) is 5.03. The van der Waals surface area contributed by atoms with Gasteiger partial charge >= 0.3 is 0 Å².